The number of hydrogen-bond acceptors (Lipinski definition) is 5. The highest BCUT2D eigenvalue weighted by molar-refractivity contribution is 7.91. The molecule has 0 unspecified atom stereocenters. The first-order chi connectivity index (χ1) is 14.5. The molecular weight excluding hydrogens is 420 g/mol. The van der Waals surface area contributed by atoms with E-state index in [2.05, 4.69) is 5.32 Å². The van der Waals surface area contributed by atoms with Crippen molar-refractivity contribution >= 4 is 27.3 Å². The molecule has 1 atom stereocenters. The molecule has 2 heterocycles. The molecule has 0 aliphatic carbocycles. The predicted molar refractivity (Wildman–Crippen MR) is 116 cm³/mol. The third-order valence-electron chi connectivity index (χ3n) is 4.91. The number of amides is 1. The van der Waals surface area contributed by atoms with Gasteiger partial charge in [0.2, 0.25) is 5.91 Å². The molecule has 1 aliphatic heterocycles. The number of hydrogen-bond donors (Lipinski definition) is 1. The van der Waals surface area contributed by atoms with Crippen molar-refractivity contribution in [3.05, 3.63) is 77.7 Å². The molecule has 2 aromatic carbocycles. The predicted octanol–water partition coefficient (Wildman–Crippen LogP) is 4.01. The first-order valence-electron chi connectivity index (χ1n) is 9.69. The number of ether oxygens (including phenoxy) is 1. The minimum absolute atomic E-state index is 0.271. The zero-order valence-electron chi connectivity index (χ0n) is 16.2. The number of nitrogens with one attached hydrogen (secondary N) is 1. The van der Waals surface area contributed by atoms with Crippen molar-refractivity contribution in [2.45, 2.75) is 29.6 Å². The number of sulfonamides is 1. The monoisotopic (exact) mass is 442 g/mol. The number of benzene rings is 2. The summed E-state index contributed by atoms with van der Waals surface area (Å²) < 4.78 is 33.1. The molecule has 0 radical (unpaired) electrons. The van der Waals surface area contributed by atoms with Crippen LogP contribution in [-0.4, -0.2) is 31.2 Å². The van der Waals surface area contributed by atoms with Crippen molar-refractivity contribution in [1.82, 2.24) is 9.62 Å². The van der Waals surface area contributed by atoms with E-state index in [-0.39, 0.29) is 10.1 Å². The summed E-state index contributed by atoms with van der Waals surface area (Å²) in [4.78, 5) is 12.8. The summed E-state index contributed by atoms with van der Waals surface area (Å²) in [5.74, 6) is 1.14. The molecule has 6 nitrogen and oxygen atoms in total. The Morgan fingerprint density at radius 1 is 1.07 bits per heavy atom. The first kappa shape index (κ1) is 20.6. The van der Waals surface area contributed by atoms with Crippen LogP contribution in [0.4, 0.5) is 0 Å². The Morgan fingerprint density at radius 2 is 1.87 bits per heavy atom. The van der Waals surface area contributed by atoms with E-state index in [4.69, 9.17) is 4.74 Å². The molecule has 156 valence electrons. The second-order valence-corrected chi connectivity index (χ2v) is 10.1. The van der Waals surface area contributed by atoms with Gasteiger partial charge in [-0.25, -0.2) is 8.42 Å². The van der Waals surface area contributed by atoms with Crippen LogP contribution in [0.25, 0.3) is 0 Å². The van der Waals surface area contributed by atoms with E-state index in [1.165, 1.54) is 15.6 Å². The van der Waals surface area contributed by atoms with E-state index >= 15 is 0 Å². The summed E-state index contributed by atoms with van der Waals surface area (Å²) in [5, 5.41) is 4.61. The molecule has 4 rings (SSSR count). The van der Waals surface area contributed by atoms with Gasteiger partial charge in [0.15, 0.2) is 0 Å². The third-order valence-corrected chi connectivity index (χ3v) is 8.19. The van der Waals surface area contributed by atoms with Crippen LogP contribution in [0.1, 0.15) is 18.4 Å². The average Bonchev–Trinajstić information content (AvgIpc) is 3.46. The van der Waals surface area contributed by atoms with Crippen molar-refractivity contribution in [2.24, 2.45) is 0 Å². The maximum absolute atomic E-state index is 12.8. The van der Waals surface area contributed by atoms with Crippen LogP contribution in [0.15, 0.2) is 76.3 Å². The summed E-state index contributed by atoms with van der Waals surface area (Å²) in [5.41, 5.74) is 0.877. The second kappa shape index (κ2) is 8.99. The quantitative estimate of drug-likeness (QED) is 0.600. The number of carbonyl (C=O) groups is 1. The molecule has 8 heteroatoms. The van der Waals surface area contributed by atoms with Gasteiger partial charge in [-0.2, -0.15) is 4.31 Å². The molecule has 1 saturated heterocycles. The van der Waals surface area contributed by atoms with Gasteiger partial charge in [0.25, 0.3) is 10.0 Å². The fourth-order valence-electron chi connectivity index (χ4n) is 3.47. The molecule has 1 N–H and O–H groups in total. The Labute approximate surface area is 180 Å². The van der Waals surface area contributed by atoms with Crippen LogP contribution in [0.5, 0.6) is 11.5 Å². The van der Waals surface area contributed by atoms with Crippen molar-refractivity contribution in [3.63, 3.8) is 0 Å². The van der Waals surface area contributed by atoms with Crippen LogP contribution in [0, 0.1) is 0 Å². The highest BCUT2D eigenvalue weighted by Gasteiger charge is 2.39. The zero-order valence-corrected chi connectivity index (χ0v) is 17.9. The SMILES string of the molecule is O=C(NCc1cccc(Oc2ccccc2)c1)[C@H]1CCCN1S(=O)(=O)c1cccs1. The Hall–Kier alpha value is -2.68. The van der Waals surface area contributed by atoms with E-state index in [0.717, 1.165) is 11.3 Å². The lowest BCUT2D eigenvalue weighted by molar-refractivity contribution is -0.124. The molecule has 0 saturated carbocycles. The molecule has 30 heavy (non-hydrogen) atoms. The van der Waals surface area contributed by atoms with Gasteiger partial charge < -0.3 is 10.1 Å². The number of nitrogens with zero attached hydrogens (tertiary/aromatic N) is 1. The molecule has 0 spiro atoms. The summed E-state index contributed by atoms with van der Waals surface area (Å²) in [6.07, 6.45) is 1.19. The molecule has 1 fully saturated rings. The summed E-state index contributed by atoms with van der Waals surface area (Å²) in [7, 11) is -3.64. The fourth-order valence-corrected chi connectivity index (χ4v) is 6.24. The van der Waals surface area contributed by atoms with E-state index in [1.807, 2.05) is 54.6 Å². The number of rotatable bonds is 7. The Kier molecular flexibility index (Phi) is 6.17. The average molecular weight is 443 g/mol. The Balaban J connectivity index is 1.40. The third kappa shape index (κ3) is 4.56. The molecule has 1 aromatic heterocycles. The smallest absolute Gasteiger partial charge is 0.253 e. The highest BCUT2D eigenvalue weighted by atomic mass is 32.2. The molecule has 1 amide bonds. The summed E-state index contributed by atoms with van der Waals surface area (Å²) in [6, 6.07) is 19.5. The van der Waals surface area contributed by atoms with Crippen LogP contribution >= 0.6 is 11.3 Å². The van der Waals surface area contributed by atoms with Gasteiger partial charge in [-0.1, -0.05) is 36.4 Å². The van der Waals surface area contributed by atoms with Crippen LogP contribution < -0.4 is 10.1 Å². The van der Waals surface area contributed by atoms with Gasteiger partial charge in [-0.15, -0.1) is 11.3 Å². The number of thiophene rings is 1. The minimum Gasteiger partial charge on any atom is -0.457 e. The van der Waals surface area contributed by atoms with Crippen molar-refractivity contribution in [2.75, 3.05) is 6.54 Å². The van der Waals surface area contributed by atoms with E-state index < -0.39 is 16.1 Å². The lowest BCUT2D eigenvalue weighted by Crippen LogP contribution is -2.45. The van der Waals surface area contributed by atoms with Gasteiger partial charge in [0.05, 0.1) is 0 Å². The fraction of sp³-hybridized carbons (Fsp3) is 0.227. The van der Waals surface area contributed by atoms with Gasteiger partial charge in [-0.3, -0.25) is 4.79 Å². The van der Waals surface area contributed by atoms with Crippen LogP contribution in [0.2, 0.25) is 0 Å². The number of para-hydroxylation sites is 1. The van der Waals surface area contributed by atoms with Gasteiger partial charge in [-0.05, 0) is 54.1 Å². The Morgan fingerprint density at radius 3 is 2.63 bits per heavy atom. The van der Waals surface area contributed by atoms with Crippen molar-refractivity contribution in [1.29, 1.82) is 0 Å². The normalized spacial score (nSPS) is 17.0. The maximum Gasteiger partial charge on any atom is 0.253 e. The minimum atomic E-state index is -3.64. The van der Waals surface area contributed by atoms with Gasteiger partial charge in [0, 0.05) is 13.1 Å². The van der Waals surface area contributed by atoms with Gasteiger partial charge >= 0.3 is 0 Å². The number of carbonyl (C=O) groups excluding carboxylic acids is 1. The van der Waals surface area contributed by atoms with Crippen molar-refractivity contribution in [3.8, 4) is 11.5 Å². The zero-order chi connectivity index (χ0) is 21.0. The second-order valence-electron chi connectivity index (χ2n) is 6.99. The molecule has 0 bridgehead atoms. The molecule has 3 aromatic rings. The van der Waals surface area contributed by atoms with Crippen LogP contribution in [0.3, 0.4) is 0 Å². The standard InChI is InChI=1S/C22H22N2O4S2/c25-22(20-11-5-13-24(20)30(26,27)21-12-6-14-29-21)23-16-17-7-4-10-19(15-17)28-18-8-2-1-3-9-18/h1-4,6-10,12,14-15,20H,5,11,13,16H2,(H,23,25)/t20-/m1/s1. The van der Waals surface area contributed by atoms with Crippen LogP contribution in [-0.2, 0) is 21.4 Å². The Bertz CT molecular complexity index is 1100. The molecule has 1 aliphatic rings. The van der Waals surface area contributed by atoms with Gasteiger partial charge in [0.1, 0.15) is 21.8 Å². The maximum atomic E-state index is 12.8. The summed E-state index contributed by atoms with van der Waals surface area (Å²) in [6.45, 7) is 0.660. The van der Waals surface area contributed by atoms with E-state index in [1.54, 1.807) is 17.5 Å². The molecular formula is C22H22N2O4S2. The van der Waals surface area contributed by atoms with Crippen molar-refractivity contribution < 1.29 is 17.9 Å². The van der Waals surface area contributed by atoms with E-state index in [9.17, 15) is 13.2 Å². The largest absolute Gasteiger partial charge is 0.457 e. The lowest BCUT2D eigenvalue weighted by Gasteiger charge is -2.22. The van der Waals surface area contributed by atoms with E-state index in [0.29, 0.717) is 31.7 Å². The topological polar surface area (TPSA) is 75.7 Å². The first-order valence-corrected chi connectivity index (χ1v) is 12.0. The highest BCUT2D eigenvalue weighted by Crippen LogP contribution is 2.29. The lowest BCUT2D eigenvalue weighted by atomic mass is 10.2. The summed E-state index contributed by atoms with van der Waals surface area (Å²) >= 11 is 1.17.